The maximum Gasteiger partial charge on any atom is 0.127 e. The molecule has 0 heterocycles. The van der Waals surface area contributed by atoms with E-state index in [2.05, 4.69) is 15.9 Å². The van der Waals surface area contributed by atoms with E-state index in [1.165, 1.54) is 12.1 Å². The average Bonchev–Trinajstić information content (AvgIpc) is 2.38. The van der Waals surface area contributed by atoms with Crippen molar-refractivity contribution in [2.45, 2.75) is 20.1 Å². The third kappa shape index (κ3) is 3.51. The molecule has 0 spiro atoms. The highest BCUT2D eigenvalue weighted by Crippen LogP contribution is 2.29. The Kier molecular flexibility index (Phi) is 5.02. The molecule has 0 fully saturated rings. The number of ether oxygens (including phenoxy) is 1. The van der Waals surface area contributed by atoms with Crippen molar-refractivity contribution in [1.82, 2.24) is 0 Å². The Morgan fingerprint density at radius 1 is 1.25 bits per heavy atom. The van der Waals surface area contributed by atoms with E-state index in [1.54, 1.807) is 6.07 Å². The van der Waals surface area contributed by atoms with E-state index in [9.17, 15) is 4.39 Å². The van der Waals surface area contributed by atoms with Gasteiger partial charge in [-0.05, 0) is 36.8 Å². The van der Waals surface area contributed by atoms with Gasteiger partial charge in [0.2, 0.25) is 0 Å². The second kappa shape index (κ2) is 6.57. The Bertz CT molecular complexity index is 634. The molecule has 0 amide bonds. The van der Waals surface area contributed by atoms with Crippen LogP contribution in [0.25, 0.3) is 0 Å². The van der Waals surface area contributed by atoms with E-state index in [0.29, 0.717) is 11.6 Å². The maximum absolute atomic E-state index is 13.0. The molecule has 106 valence electrons. The second-order valence-corrected chi connectivity index (χ2v) is 5.76. The van der Waals surface area contributed by atoms with E-state index >= 15 is 0 Å². The summed E-state index contributed by atoms with van der Waals surface area (Å²) in [6.45, 7) is 2.60. The van der Waals surface area contributed by atoms with Gasteiger partial charge in [0.25, 0.3) is 0 Å². The summed E-state index contributed by atoms with van der Waals surface area (Å²) in [5.74, 6) is 0.386. The summed E-state index contributed by atoms with van der Waals surface area (Å²) in [5, 5.41) is 0.356. The van der Waals surface area contributed by atoms with Gasteiger partial charge in [-0.15, -0.1) is 0 Å². The van der Waals surface area contributed by atoms with Crippen molar-refractivity contribution in [3.8, 4) is 5.75 Å². The van der Waals surface area contributed by atoms with Gasteiger partial charge in [-0.25, -0.2) is 4.39 Å². The average molecular weight is 359 g/mol. The highest BCUT2D eigenvalue weighted by molar-refractivity contribution is 9.10. The zero-order chi connectivity index (χ0) is 14.7. The molecule has 0 bridgehead atoms. The summed E-state index contributed by atoms with van der Waals surface area (Å²) in [6.07, 6.45) is 0. The molecule has 0 unspecified atom stereocenters. The van der Waals surface area contributed by atoms with Gasteiger partial charge in [0, 0.05) is 22.1 Å². The van der Waals surface area contributed by atoms with Crippen LogP contribution in [0.1, 0.15) is 16.7 Å². The van der Waals surface area contributed by atoms with Gasteiger partial charge < -0.3 is 10.5 Å². The number of halogens is 3. The lowest BCUT2D eigenvalue weighted by molar-refractivity contribution is 0.300. The van der Waals surface area contributed by atoms with Crippen molar-refractivity contribution >= 4 is 27.5 Å². The molecule has 2 aromatic carbocycles. The number of aryl methyl sites for hydroxylation is 1. The van der Waals surface area contributed by atoms with Crippen LogP contribution in [0, 0.1) is 12.7 Å². The first-order chi connectivity index (χ1) is 9.51. The largest absolute Gasteiger partial charge is 0.488 e. The van der Waals surface area contributed by atoms with E-state index in [1.807, 2.05) is 19.1 Å². The summed E-state index contributed by atoms with van der Waals surface area (Å²) in [6, 6.07) is 8.14. The van der Waals surface area contributed by atoms with Crippen molar-refractivity contribution in [3.63, 3.8) is 0 Å². The fourth-order valence-corrected chi connectivity index (χ4v) is 2.79. The molecule has 2 rings (SSSR count). The lowest BCUT2D eigenvalue weighted by Gasteiger charge is -2.14. The first kappa shape index (κ1) is 15.3. The molecule has 0 aliphatic carbocycles. The first-order valence-corrected chi connectivity index (χ1v) is 7.24. The molecule has 0 atom stereocenters. The molecular formula is C15H14BrClFNO. The van der Waals surface area contributed by atoms with Crippen LogP contribution >= 0.6 is 27.5 Å². The van der Waals surface area contributed by atoms with Gasteiger partial charge in [-0.2, -0.15) is 0 Å². The predicted molar refractivity (Wildman–Crippen MR) is 82.5 cm³/mol. The summed E-state index contributed by atoms with van der Waals surface area (Å²) >= 11 is 9.41. The zero-order valence-electron chi connectivity index (χ0n) is 10.9. The molecule has 0 aromatic heterocycles. The topological polar surface area (TPSA) is 35.2 Å². The predicted octanol–water partition coefficient (Wildman–Crippen LogP) is 4.59. The van der Waals surface area contributed by atoms with E-state index < -0.39 is 0 Å². The third-order valence-corrected chi connectivity index (χ3v) is 3.73. The minimum atomic E-state index is -0.360. The fraction of sp³-hybridized carbons (Fsp3) is 0.200. The van der Waals surface area contributed by atoms with Gasteiger partial charge in [0.15, 0.2) is 0 Å². The quantitative estimate of drug-likeness (QED) is 0.867. The SMILES string of the molecule is Cc1cc(Br)cc(CN)c1OCc1ccc(F)cc1Cl. The monoisotopic (exact) mass is 357 g/mol. The Hall–Kier alpha value is -1.10. The Balaban J connectivity index is 2.22. The summed E-state index contributed by atoms with van der Waals surface area (Å²) in [5.41, 5.74) is 8.36. The molecule has 20 heavy (non-hydrogen) atoms. The second-order valence-electron chi connectivity index (χ2n) is 4.44. The Morgan fingerprint density at radius 2 is 2.00 bits per heavy atom. The maximum atomic E-state index is 13.0. The lowest BCUT2D eigenvalue weighted by atomic mass is 10.1. The van der Waals surface area contributed by atoms with Gasteiger partial charge >= 0.3 is 0 Å². The van der Waals surface area contributed by atoms with Crippen molar-refractivity contribution in [2.24, 2.45) is 5.73 Å². The number of rotatable bonds is 4. The number of nitrogens with two attached hydrogens (primary N) is 1. The molecule has 0 aliphatic rings. The van der Waals surface area contributed by atoms with E-state index in [-0.39, 0.29) is 12.4 Å². The molecule has 0 saturated carbocycles. The molecule has 2 N–H and O–H groups in total. The summed E-state index contributed by atoms with van der Waals surface area (Å²) in [4.78, 5) is 0. The van der Waals surface area contributed by atoms with Crippen molar-refractivity contribution < 1.29 is 9.13 Å². The summed E-state index contributed by atoms with van der Waals surface area (Å²) in [7, 11) is 0. The van der Waals surface area contributed by atoms with Crippen LogP contribution in [0.4, 0.5) is 4.39 Å². The third-order valence-electron chi connectivity index (χ3n) is 2.92. The smallest absolute Gasteiger partial charge is 0.127 e. The van der Waals surface area contributed by atoms with Gasteiger partial charge in [-0.3, -0.25) is 0 Å². The minimum absolute atomic E-state index is 0.272. The zero-order valence-corrected chi connectivity index (χ0v) is 13.3. The first-order valence-electron chi connectivity index (χ1n) is 6.07. The highest BCUT2D eigenvalue weighted by Gasteiger charge is 2.10. The van der Waals surface area contributed by atoms with Gasteiger partial charge in [0.1, 0.15) is 18.2 Å². The van der Waals surface area contributed by atoms with Crippen LogP contribution in [0.15, 0.2) is 34.8 Å². The van der Waals surface area contributed by atoms with Crippen molar-refractivity contribution in [3.05, 3.63) is 62.3 Å². The molecule has 2 nitrogen and oxygen atoms in total. The Morgan fingerprint density at radius 3 is 2.65 bits per heavy atom. The molecule has 0 aliphatic heterocycles. The van der Waals surface area contributed by atoms with E-state index in [0.717, 1.165) is 26.9 Å². The van der Waals surface area contributed by atoms with Crippen LogP contribution in [0.3, 0.4) is 0 Å². The number of benzene rings is 2. The van der Waals surface area contributed by atoms with Gasteiger partial charge in [0.05, 0.1) is 5.02 Å². The van der Waals surface area contributed by atoms with Crippen molar-refractivity contribution in [1.29, 1.82) is 0 Å². The summed E-state index contributed by atoms with van der Waals surface area (Å²) < 4.78 is 19.8. The highest BCUT2D eigenvalue weighted by atomic mass is 79.9. The minimum Gasteiger partial charge on any atom is -0.488 e. The molecule has 0 saturated heterocycles. The van der Waals surface area contributed by atoms with E-state index in [4.69, 9.17) is 22.1 Å². The lowest BCUT2D eigenvalue weighted by Crippen LogP contribution is -2.05. The molecule has 2 aromatic rings. The molecule has 0 radical (unpaired) electrons. The van der Waals surface area contributed by atoms with Gasteiger partial charge in [-0.1, -0.05) is 33.6 Å². The van der Waals surface area contributed by atoms with Crippen LogP contribution in [-0.2, 0) is 13.2 Å². The van der Waals surface area contributed by atoms with Crippen molar-refractivity contribution in [2.75, 3.05) is 0 Å². The number of hydrogen-bond acceptors (Lipinski definition) is 2. The van der Waals surface area contributed by atoms with Crippen LogP contribution in [0.2, 0.25) is 5.02 Å². The van der Waals surface area contributed by atoms with Crippen LogP contribution in [0.5, 0.6) is 5.75 Å². The fourth-order valence-electron chi connectivity index (χ4n) is 1.95. The number of hydrogen-bond donors (Lipinski definition) is 1. The Labute approximate surface area is 130 Å². The molecule has 5 heteroatoms. The van der Waals surface area contributed by atoms with Crippen LogP contribution < -0.4 is 10.5 Å². The van der Waals surface area contributed by atoms with Crippen LogP contribution in [-0.4, -0.2) is 0 Å². The standard InChI is InChI=1S/C15H14BrClFNO/c1-9-4-12(16)5-11(7-19)15(9)20-8-10-2-3-13(18)6-14(10)17/h2-6H,7-8,19H2,1H3. The molecular weight excluding hydrogens is 345 g/mol. The normalized spacial score (nSPS) is 10.7.